The minimum absolute atomic E-state index is 0.275. The largest absolute Gasteiger partial charge is 0.251 e. The predicted octanol–water partition coefficient (Wildman–Crippen LogP) is 5.24. The van der Waals surface area contributed by atoms with E-state index in [1.807, 2.05) is 0 Å². The van der Waals surface area contributed by atoms with Gasteiger partial charge in [0.15, 0.2) is 0 Å². The predicted molar refractivity (Wildman–Crippen MR) is 93.4 cm³/mol. The second-order valence-corrected chi connectivity index (χ2v) is 6.22. The normalized spacial score (nSPS) is 12.0. The van der Waals surface area contributed by atoms with Crippen LogP contribution in [0, 0.1) is 4.91 Å². The molecule has 0 amide bonds. The number of hydrogen-bond donors (Lipinski definition) is 0. The van der Waals surface area contributed by atoms with Crippen molar-refractivity contribution in [3.05, 3.63) is 68.3 Å². The first-order valence-corrected chi connectivity index (χ1v) is 8.13. The highest BCUT2D eigenvalue weighted by Gasteiger charge is 2.07. The zero-order valence-corrected chi connectivity index (χ0v) is 14.2. The number of nitrogens with zero attached hydrogens (tertiary/aromatic N) is 6. The van der Waals surface area contributed by atoms with E-state index in [9.17, 15) is 4.91 Å². The molecule has 0 fully saturated rings. The van der Waals surface area contributed by atoms with Gasteiger partial charge in [-0.1, -0.05) is 39.6 Å². The van der Waals surface area contributed by atoms with Crippen molar-refractivity contribution in [1.29, 1.82) is 0 Å². The second-order valence-electron chi connectivity index (χ2n) is 4.41. The lowest BCUT2D eigenvalue weighted by Crippen LogP contribution is -2.13. The first-order valence-electron chi connectivity index (χ1n) is 6.55. The molecule has 3 rings (SSSR count). The molecular weight excluding hydrogens is 371 g/mol. The van der Waals surface area contributed by atoms with Gasteiger partial charge in [-0.2, -0.15) is 0 Å². The van der Waals surface area contributed by atoms with Crippen molar-refractivity contribution in [2.24, 2.45) is 20.6 Å². The molecule has 0 saturated carbocycles. The van der Waals surface area contributed by atoms with Crippen molar-refractivity contribution in [3.63, 3.8) is 0 Å². The van der Waals surface area contributed by atoms with Crippen LogP contribution >= 0.6 is 34.5 Å². The molecule has 7 nitrogen and oxygen atoms in total. The van der Waals surface area contributed by atoms with E-state index < -0.39 is 0 Å². The summed E-state index contributed by atoms with van der Waals surface area (Å²) in [4.78, 5) is 10.8. The highest BCUT2D eigenvalue weighted by atomic mass is 35.5. The molecule has 24 heavy (non-hydrogen) atoms. The number of nitroso groups, excluding NO2 is 1. The van der Waals surface area contributed by atoms with Crippen LogP contribution < -0.4 is 4.80 Å². The molecule has 120 valence electrons. The summed E-state index contributed by atoms with van der Waals surface area (Å²) in [6.45, 7) is 0. The Labute approximate surface area is 149 Å². The quantitative estimate of drug-likeness (QED) is 0.353. The maximum Gasteiger partial charge on any atom is 0.251 e. The summed E-state index contributed by atoms with van der Waals surface area (Å²) in [6.07, 6.45) is 0. The average molecular weight is 379 g/mol. The monoisotopic (exact) mass is 378 g/mol. The van der Waals surface area contributed by atoms with Crippen LogP contribution in [0.1, 0.15) is 0 Å². The molecule has 0 saturated heterocycles. The standard InChI is InChI=1S/C14H8Cl2N6OS/c15-9-1-5-11(6-2-9)17-18-13-20-22(14(24-13)19-21-23)12-7-3-10(16)4-8-12/h1-8H/b18-17?,19-14-. The number of rotatable bonds is 4. The number of hydrogen-bond acceptors (Lipinski definition) is 6. The Balaban J connectivity index is 1.97. The zero-order valence-electron chi connectivity index (χ0n) is 11.9. The van der Waals surface area contributed by atoms with Gasteiger partial charge in [-0.25, -0.2) is 4.68 Å². The molecule has 0 radical (unpaired) electrons. The van der Waals surface area contributed by atoms with E-state index in [0.717, 1.165) is 11.3 Å². The molecule has 3 aromatic rings. The van der Waals surface area contributed by atoms with Crippen molar-refractivity contribution in [3.8, 4) is 5.69 Å². The molecule has 10 heteroatoms. The SMILES string of the molecule is O=N/N=c1\sc(N=Nc2ccc(Cl)cc2)nn1-c1ccc(Cl)cc1. The average Bonchev–Trinajstić information content (AvgIpc) is 2.98. The maximum absolute atomic E-state index is 10.5. The van der Waals surface area contributed by atoms with Gasteiger partial charge in [0.25, 0.3) is 5.13 Å². The van der Waals surface area contributed by atoms with Gasteiger partial charge in [-0.3, -0.25) is 0 Å². The first-order chi connectivity index (χ1) is 11.7. The number of halogens is 2. The Kier molecular flexibility index (Phi) is 5.09. The van der Waals surface area contributed by atoms with Crippen LogP contribution in [0.2, 0.25) is 10.0 Å². The van der Waals surface area contributed by atoms with Gasteiger partial charge in [0, 0.05) is 10.0 Å². The number of azo groups is 1. The van der Waals surface area contributed by atoms with E-state index in [0.29, 0.717) is 26.6 Å². The highest BCUT2D eigenvalue weighted by Crippen LogP contribution is 2.21. The van der Waals surface area contributed by atoms with Gasteiger partial charge < -0.3 is 0 Å². The van der Waals surface area contributed by atoms with E-state index in [1.165, 1.54) is 4.68 Å². The lowest BCUT2D eigenvalue weighted by Gasteiger charge is -1.99. The summed E-state index contributed by atoms with van der Waals surface area (Å²) in [5, 5.41) is 20.0. The van der Waals surface area contributed by atoms with Crippen LogP contribution in [0.25, 0.3) is 5.69 Å². The van der Waals surface area contributed by atoms with Crippen LogP contribution in [0.15, 0.2) is 69.1 Å². The molecule has 1 aromatic heterocycles. The van der Waals surface area contributed by atoms with E-state index in [2.05, 4.69) is 25.7 Å². The van der Waals surface area contributed by atoms with E-state index in [-0.39, 0.29) is 4.80 Å². The zero-order chi connectivity index (χ0) is 16.9. The van der Waals surface area contributed by atoms with Gasteiger partial charge in [0.1, 0.15) is 0 Å². The van der Waals surface area contributed by atoms with Gasteiger partial charge in [0.05, 0.1) is 16.7 Å². The van der Waals surface area contributed by atoms with Crippen LogP contribution in [0.5, 0.6) is 0 Å². The van der Waals surface area contributed by atoms with Crippen molar-refractivity contribution < 1.29 is 0 Å². The van der Waals surface area contributed by atoms with Crippen LogP contribution in [-0.4, -0.2) is 9.78 Å². The Bertz CT molecular complexity index is 947. The molecule has 0 spiro atoms. The molecule has 0 atom stereocenters. The molecule has 0 aliphatic carbocycles. The third-order valence-electron chi connectivity index (χ3n) is 2.82. The van der Waals surface area contributed by atoms with Crippen molar-refractivity contribution in [1.82, 2.24) is 9.78 Å². The second kappa shape index (κ2) is 7.43. The van der Waals surface area contributed by atoms with E-state index in [4.69, 9.17) is 23.2 Å². The summed E-state index contributed by atoms with van der Waals surface area (Å²) in [5.41, 5.74) is 1.30. The third-order valence-corrected chi connectivity index (χ3v) is 4.11. The summed E-state index contributed by atoms with van der Waals surface area (Å²) in [6, 6.07) is 13.8. The summed E-state index contributed by atoms with van der Waals surface area (Å²) >= 11 is 12.8. The topological polar surface area (TPSA) is 84.3 Å². The van der Waals surface area contributed by atoms with E-state index >= 15 is 0 Å². The summed E-state index contributed by atoms with van der Waals surface area (Å²) in [7, 11) is 0. The fourth-order valence-electron chi connectivity index (χ4n) is 1.77. The molecule has 0 N–H and O–H groups in total. The van der Waals surface area contributed by atoms with Gasteiger partial charge in [-0.05, 0) is 48.5 Å². The lowest BCUT2D eigenvalue weighted by atomic mass is 10.3. The van der Waals surface area contributed by atoms with Gasteiger partial charge >= 0.3 is 0 Å². The summed E-state index contributed by atoms with van der Waals surface area (Å²) < 4.78 is 1.44. The van der Waals surface area contributed by atoms with Crippen LogP contribution in [0.3, 0.4) is 0 Å². The minimum atomic E-state index is 0.275. The Hall–Kier alpha value is -2.42. The Morgan fingerprint density at radius 3 is 2.17 bits per heavy atom. The minimum Gasteiger partial charge on any atom is -0.202 e. The lowest BCUT2D eigenvalue weighted by molar-refractivity contribution is 0.817. The van der Waals surface area contributed by atoms with Gasteiger partial charge in [0.2, 0.25) is 4.80 Å². The first kappa shape index (κ1) is 16.4. The van der Waals surface area contributed by atoms with Crippen molar-refractivity contribution >= 4 is 45.4 Å². The van der Waals surface area contributed by atoms with Crippen LogP contribution in [0.4, 0.5) is 10.8 Å². The highest BCUT2D eigenvalue weighted by molar-refractivity contribution is 7.12. The Morgan fingerprint density at radius 1 is 0.917 bits per heavy atom. The van der Waals surface area contributed by atoms with Crippen molar-refractivity contribution in [2.45, 2.75) is 0 Å². The van der Waals surface area contributed by atoms with Crippen molar-refractivity contribution in [2.75, 3.05) is 0 Å². The fourth-order valence-corrected chi connectivity index (χ4v) is 2.70. The molecule has 1 heterocycles. The number of benzene rings is 2. The Morgan fingerprint density at radius 2 is 1.54 bits per heavy atom. The van der Waals surface area contributed by atoms with Crippen LogP contribution in [-0.2, 0) is 0 Å². The maximum atomic E-state index is 10.5. The molecular formula is C14H8Cl2N6OS. The molecule has 0 unspecified atom stereocenters. The fraction of sp³-hybridized carbons (Fsp3) is 0. The molecule has 0 aliphatic heterocycles. The molecule has 2 aromatic carbocycles. The number of aromatic nitrogens is 2. The smallest absolute Gasteiger partial charge is 0.202 e. The molecule has 0 aliphatic rings. The molecule has 0 bridgehead atoms. The third kappa shape index (κ3) is 3.91. The van der Waals surface area contributed by atoms with E-state index in [1.54, 1.807) is 48.5 Å². The van der Waals surface area contributed by atoms with Gasteiger partial charge in [-0.15, -0.1) is 20.2 Å². The summed E-state index contributed by atoms with van der Waals surface area (Å²) in [5.74, 6) is 0.